The fourth-order valence-electron chi connectivity index (χ4n) is 7.59. The van der Waals surface area contributed by atoms with E-state index in [9.17, 15) is 18.0 Å². The van der Waals surface area contributed by atoms with Crippen LogP contribution in [0.15, 0.2) is 146 Å². The first-order chi connectivity index (χ1) is 33.5. The second-order valence-corrected chi connectivity index (χ2v) is 18.7. The Morgan fingerprint density at radius 1 is 0.629 bits per heavy atom. The lowest BCUT2D eigenvalue weighted by Gasteiger charge is -2.32. The van der Waals surface area contributed by atoms with Crippen LogP contribution in [0.1, 0.15) is 60.3 Å². The van der Waals surface area contributed by atoms with E-state index in [1.165, 1.54) is 0 Å². The summed E-state index contributed by atoms with van der Waals surface area (Å²) in [6.07, 6.45) is 14.5. The van der Waals surface area contributed by atoms with Gasteiger partial charge in [-0.05, 0) is 136 Å². The number of ether oxygens (including phenoxy) is 2. The number of pyridine rings is 4. The maximum atomic E-state index is 13.1. The Morgan fingerprint density at radius 3 is 1.50 bits per heavy atom. The average molecular weight is 1030 g/mol. The Morgan fingerprint density at radius 2 is 1.07 bits per heavy atom. The van der Waals surface area contributed by atoms with Gasteiger partial charge in [-0.25, -0.2) is 0 Å². The minimum atomic E-state index is -3.37. The Hall–Kier alpha value is -5.72. The molecule has 0 bridgehead atoms. The summed E-state index contributed by atoms with van der Waals surface area (Å²) >= 11 is 12.0. The van der Waals surface area contributed by atoms with Gasteiger partial charge in [0, 0.05) is 65.6 Å². The molecule has 19 heteroatoms. The predicted molar refractivity (Wildman–Crippen MR) is 274 cm³/mol. The number of aromatic nitrogens is 4. The summed E-state index contributed by atoms with van der Waals surface area (Å²) < 4.78 is 36.5. The zero-order valence-corrected chi connectivity index (χ0v) is 42.0. The third-order valence-electron chi connectivity index (χ3n) is 11.2. The smallest absolute Gasteiger partial charge is 0.264 e. The molecule has 372 valence electrons. The number of rotatable bonds is 17. The molecule has 2 unspecified atom stereocenters. The summed E-state index contributed by atoms with van der Waals surface area (Å²) in [5.41, 5.74) is 3.59. The highest BCUT2D eigenvalue weighted by Gasteiger charge is 2.28. The van der Waals surface area contributed by atoms with Crippen molar-refractivity contribution in [3.63, 3.8) is 0 Å². The molecule has 2 aromatic carbocycles. The van der Waals surface area contributed by atoms with Crippen molar-refractivity contribution in [3.05, 3.63) is 179 Å². The third-order valence-corrected chi connectivity index (χ3v) is 12.3. The van der Waals surface area contributed by atoms with E-state index in [1.54, 1.807) is 49.3 Å². The summed E-state index contributed by atoms with van der Waals surface area (Å²) in [6.45, 7) is 5.23. The number of benzene rings is 2. The van der Waals surface area contributed by atoms with Crippen LogP contribution >= 0.6 is 35.6 Å². The van der Waals surface area contributed by atoms with E-state index < -0.39 is 10.1 Å². The van der Waals surface area contributed by atoms with Gasteiger partial charge in [-0.1, -0.05) is 59.6 Å². The maximum absolute atomic E-state index is 13.1. The molecular formula is C51H59Cl3N8O7S. The molecule has 70 heavy (non-hydrogen) atoms. The minimum absolute atomic E-state index is 0. The van der Waals surface area contributed by atoms with Gasteiger partial charge >= 0.3 is 0 Å². The number of hydrogen-bond donors (Lipinski definition) is 3. The molecular weight excluding hydrogens is 975 g/mol. The van der Waals surface area contributed by atoms with Crippen molar-refractivity contribution in [2.24, 2.45) is 11.8 Å². The molecule has 2 amide bonds. The largest absolute Gasteiger partial charge is 0.492 e. The van der Waals surface area contributed by atoms with E-state index in [1.807, 2.05) is 97.1 Å². The van der Waals surface area contributed by atoms with Crippen LogP contribution in [-0.2, 0) is 23.9 Å². The highest BCUT2D eigenvalue weighted by molar-refractivity contribution is 7.85. The molecule has 4 aromatic heterocycles. The van der Waals surface area contributed by atoms with Gasteiger partial charge in [-0.2, -0.15) is 8.42 Å². The number of halogens is 3. The van der Waals surface area contributed by atoms with Crippen LogP contribution in [0.25, 0.3) is 0 Å². The van der Waals surface area contributed by atoms with Gasteiger partial charge in [0.05, 0.1) is 29.7 Å². The lowest BCUT2D eigenvalue weighted by Crippen LogP contribution is -2.42. The Labute approximate surface area is 426 Å². The van der Waals surface area contributed by atoms with E-state index in [4.69, 9.17) is 32.7 Å². The molecule has 15 nitrogen and oxygen atoms in total. The molecule has 8 rings (SSSR count). The quantitative estimate of drug-likeness (QED) is 0.0592. The zero-order chi connectivity index (χ0) is 48.7. The van der Waals surface area contributed by atoms with Gasteiger partial charge in [0.1, 0.15) is 31.3 Å². The fourth-order valence-corrected chi connectivity index (χ4v) is 8.21. The van der Waals surface area contributed by atoms with Crippen LogP contribution in [0.4, 0.5) is 0 Å². The summed E-state index contributed by atoms with van der Waals surface area (Å²) in [4.78, 5) is 44.8. The van der Waals surface area contributed by atoms with Crippen molar-refractivity contribution in [1.82, 2.24) is 40.8 Å². The molecule has 6 heterocycles. The van der Waals surface area contributed by atoms with Crippen LogP contribution in [0.5, 0.6) is 11.5 Å². The second-order valence-electron chi connectivity index (χ2n) is 16.2. The molecule has 2 aliphatic rings. The van der Waals surface area contributed by atoms with Gasteiger partial charge in [0.25, 0.3) is 10.1 Å². The Kier molecular flexibility index (Phi) is 23.2. The van der Waals surface area contributed by atoms with Crippen molar-refractivity contribution in [2.75, 3.05) is 58.8 Å². The van der Waals surface area contributed by atoms with Crippen LogP contribution in [-0.4, -0.2) is 104 Å². The molecule has 0 aliphatic carbocycles. The highest BCUT2D eigenvalue weighted by atomic mass is 35.5. The van der Waals surface area contributed by atoms with E-state index >= 15 is 0 Å². The molecule has 2 aliphatic heterocycles. The normalized spacial score (nSPS) is 15.0. The molecule has 2 atom stereocenters. The predicted octanol–water partition coefficient (Wildman–Crippen LogP) is 7.93. The fraction of sp³-hybridized carbons (Fsp3) is 0.333. The molecule has 0 saturated carbocycles. The molecule has 0 radical (unpaired) electrons. The first-order valence-electron chi connectivity index (χ1n) is 22.8. The van der Waals surface area contributed by atoms with E-state index in [0.29, 0.717) is 22.4 Å². The van der Waals surface area contributed by atoms with Crippen molar-refractivity contribution >= 4 is 57.5 Å². The Bertz CT molecular complexity index is 2530. The first kappa shape index (κ1) is 55.2. The number of carbonyl (C=O) groups is 2. The zero-order valence-electron chi connectivity index (χ0n) is 38.8. The van der Waals surface area contributed by atoms with Crippen LogP contribution in [0.2, 0.25) is 10.0 Å². The number of hydrogen-bond acceptors (Lipinski definition) is 13. The van der Waals surface area contributed by atoms with Gasteiger partial charge in [0.15, 0.2) is 0 Å². The molecule has 6 aromatic rings. The van der Waals surface area contributed by atoms with Crippen LogP contribution in [0, 0.1) is 11.8 Å². The topological polar surface area (TPSA) is 187 Å². The number of nitrogens with zero attached hydrogens (tertiary/aromatic N) is 5. The molecule has 3 N–H and O–H groups in total. The lowest BCUT2D eigenvalue weighted by atomic mass is 9.94. The van der Waals surface area contributed by atoms with Crippen molar-refractivity contribution in [2.45, 2.75) is 37.8 Å². The number of carbonyl (C=O) groups excluding carboxylic acids is 2. The highest BCUT2D eigenvalue weighted by Crippen LogP contribution is 2.26. The molecule has 2 fully saturated rings. The Balaban J connectivity index is 0.000000210. The van der Waals surface area contributed by atoms with Crippen molar-refractivity contribution < 1.29 is 31.7 Å². The minimum Gasteiger partial charge on any atom is -0.492 e. The van der Waals surface area contributed by atoms with Gasteiger partial charge in [0.2, 0.25) is 11.8 Å². The lowest BCUT2D eigenvalue weighted by molar-refractivity contribution is -0.127. The van der Waals surface area contributed by atoms with Gasteiger partial charge in [-0.15, -0.1) is 12.4 Å². The SMILES string of the molecule is CS(=O)(=O)OCCOc1ccncc1.Cl.O=C(NC(c1ccc(Cl)cc1)c1ccccn1)C1CCN(CCOc2ccncc2)CC1.O=C(NC(c1ccc(Cl)cc1)c1ccccn1)C1CCNCC1. The van der Waals surface area contributed by atoms with Crippen molar-refractivity contribution in [1.29, 1.82) is 0 Å². The first-order valence-corrected chi connectivity index (χ1v) is 25.3. The monoisotopic (exact) mass is 1030 g/mol. The summed E-state index contributed by atoms with van der Waals surface area (Å²) in [6, 6.07) is 33.1. The van der Waals surface area contributed by atoms with Gasteiger partial charge < -0.3 is 25.4 Å². The molecule has 2 saturated heterocycles. The average Bonchev–Trinajstić information content (AvgIpc) is 3.38. The number of amides is 2. The summed E-state index contributed by atoms with van der Waals surface area (Å²) in [5.74, 6) is 1.69. The van der Waals surface area contributed by atoms with Gasteiger partial charge in [-0.3, -0.25) is 38.6 Å². The summed E-state index contributed by atoms with van der Waals surface area (Å²) in [5, 5.41) is 11.0. The van der Waals surface area contributed by atoms with Crippen LogP contribution < -0.4 is 25.4 Å². The van der Waals surface area contributed by atoms with E-state index in [-0.39, 0.29) is 61.4 Å². The van der Waals surface area contributed by atoms with E-state index in [2.05, 4.69) is 45.0 Å². The van der Waals surface area contributed by atoms with Crippen molar-refractivity contribution in [3.8, 4) is 11.5 Å². The number of nitrogens with one attached hydrogen (secondary N) is 3. The number of likely N-dealkylation sites (tertiary alicyclic amines) is 1. The van der Waals surface area contributed by atoms with E-state index in [0.717, 1.165) is 92.9 Å². The number of piperidine rings is 2. The third kappa shape index (κ3) is 19.2. The van der Waals surface area contributed by atoms with Crippen LogP contribution in [0.3, 0.4) is 0 Å². The molecule has 0 spiro atoms. The summed E-state index contributed by atoms with van der Waals surface area (Å²) in [7, 11) is -3.37. The standard InChI is InChI=1S/C25H27ClN4O2.C18H20ClN3O.C8H11NO4S.ClH/c26-21-6-4-19(5-7-21)24(23-3-1-2-12-28-23)29-25(31)20-10-15-30(16-11-20)17-18-32-22-8-13-27-14-9-22;19-15-6-4-13(5-7-15)17(16-3-1-2-10-21-16)22-18(23)14-8-11-20-12-9-14;1-14(10,11)13-7-6-12-8-2-4-9-5-3-8;/h1-9,12-14,20,24H,10-11,15-18H2,(H,29,31);1-7,10,14,17,20H,8-9,11-12H2,(H,22,23);2-5H,6-7H2,1H3;1H. The maximum Gasteiger partial charge on any atom is 0.264 e. The second kappa shape index (κ2) is 29.5.